The fourth-order valence-electron chi connectivity index (χ4n) is 3.92. The molecule has 0 fully saturated rings. The molecule has 0 saturated carbocycles. The third kappa shape index (κ3) is 4.25. The summed E-state index contributed by atoms with van der Waals surface area (Å²) in [6, 6.07) is 20.5. The highest BCUT2D eigenvalue weighted by atomic mass is 16.5. The molecule has 0 saturated heterocycles. The van der Waals surface area contributed by atoms with Gasteiger partial charge in [0.15, 0.2) is 0 Å². The van der Waals surface area contributed by atoms with E-state index in [1.54, 1.807) is 0 Å². The Labute approximate surface area is 179 Å². The van der Waals surface area contributed by atoms with Crippen LogP contribution < -0.4 is 9.64 Å². The van der Waals surface area contributed by atoms with Crippen molar-refractivity contribution in [2.24, 2.45) is 5.92 Å². The highest BCUT2D eigenvalue weighted by Gasteiger charge is 2.23. The van der Waals surface area contributed by atoms with E-state index in [9.17, 15) is 4.79 Å². The molecular weight excluding hydrogens is 370 g/mol. The van der Waals surface area contributed by atoms with Crippen molar-refractivity contribution in [1.29, 1.82) is 0 Å². The third-order valence-electron chi connectivity index (χ3n) is 5.40. The molecule has 1 aliphatic rings. The third-order valence-corrected chi connectivity index (χ3v) is 5.40. The SMILES string of the molecule is CC(C)CC(=O)N(Cc1ccc2c3c(ccc2c1)OC(C)(C)C=C3)c1ccccc1. The van der Waals surface area contributed by atoms with E-state index in [1.807, 2.05) is 41.3 Å². The van der Waals surface area contributed by atoms with Gasteiger partial charge in [0.1, 0.15) is 11.4 Å². The van der Waals surface area contributed by atoms with Crippen LogP contribution in [0, 0.1) is 5.92 Å². The number of amides is 1. The van der Waals surface area contributed by atoms with Crippen molar-refractivity contribution in [2.45, 2.75) is 46.3 Å². The van der Waals surface area contributed by atoms with Crippen molar-refractivity contribution < 1.29 is 9.53 Å². The molecule has 0 spiro atoms. The van der Waals surface area contributed by atoms with Gasteiger partial charge in [-0.15, -0.1) is 0 Å². The summed E-state index contributed by atoms with van der Waals surface area (Å²) in [5.41, 5.74) is 2.89. The van der Waals surface area contributed by atoms with Gasteiger partial charge in [-0.3, -0.25) is 4.79 Å². The Kier molecular flexibility index (Phi) is 5.38. The van der Waals surface area contributed by atoms with Gasteiger partial charge in [-0.1, -0.05) is 56.3 Å². The number of nitrogens with zero attached hydrogens (tertiary/aromatic N) is 1. The number of rotatable bonds is 5. The number of hydrogen-bond donors (Lipinski definition) is 0. The van der Waals surface area contributed by atoms with Crippen LogP contribution in [0.15, 0.2) is 66.7 Å². The van der Waals surface area contributed by atoms with Crippen LogP contribution in [0.4, 0.5) is 5.69 Å². The first kappa shape index (κ1) is 20.2. The first-order chi connectivity index (χ1) is 14.3. The molecule has 0 unspecified atom stereocenters. The largest absolute Gasteiger partial charge is 0.483 e. The Morgan fingerprint density at radius 1 is 1.03 bits per heavy atom. The van der Waals surface area contributed by atoms with Crippen LogP contribution in [0.1, 0.15) is 45.2 Å². The van der Waals surface area contributed by atoms with Crippen molar-refractivity contribution in [1.82, 2.24) is 0 Å². The van der Waals surface area contributed by atoms with E-state index in [1.165, 1.54) is 5.39 Å². The number of carbonyl (C=O) groups excluding carboxylic acids is 1. The second kappa shape index (κ2) is 7.98. The van der Waals surface area contributed by atoms with Crippen molar-refractivity contribution in [3.8, 4) is 5.75 Å². The minimum absolute atomic E-state index is 0.153. The Morgan fingerprint density at radius 3 is 2.53 bits per heavy atom. The van der Waals surface area contributed by atoms with Crippen LogP contribution in [0.5, 0.6) is 5.75 Å². The molecule has 1 amide bonds. The molecule has 0 atom stereocenters. The van der Waals surface area contributed by atoms with Crippen LogP contribution in [0.2, 0.25) is 0 Å². The van der Waals surface area contributed by atoms with E-state index in [-0.39, 0.29) is 11.5 Å². The predicted molar refractivity (Wildman–Crippen MR) is 125 cm³/mol. The summed E-state index contributed by atoms with van der Waals surface area (Å²) in [4.78, 5) is 14.9. The summed E-state index contributed by atoms with van der Waals surface area (Å²) in [6.45, 7) is 8.84. The van der Waals surface area contributed by atoms with Crippen LogP contribution in [0.25, 0.3) is 16.8 Å². The van der Waals surface area contributed by atoms with Crippen molar-refractivity contribution in [2.75, 3.05) is 4.90 Å². The van der Waals surface area contributed by atoms with Crippen LogP contribution in [-0.2, 0) is 11.3 Å². The summed E-state index contributed by atoms with van der Waals surface area (Å²) in [5.74, 6) is 1.39. The monoisotopic (exact) mass is 399 g/mol. The minimum atomic E-state index is -0.284. The average Bonchev–Trinajstić information content (AvgIpc) is 2.71. The average molecular weight is 400 g/mol. The van der Waals surface area contributed by atoms with Crippen LogP contribution >= 0.6 is 0 Å². The predicted octanol–water partition coefficient (Wildman–Crippen LogP) is 6.60. The maximum Gasteiger partial charge on any atom is 0.227 e. The number of benzene rings is 3. The summed E-state index contributed by atoms with van der Waals surface area (Å²) in [5, 5.41) is 2.33. The highest BCUT2D eigenvalue weighted by molar-refractivity contribution is 5.95. The molecule has 0 bridgehead atoms. The van der Waals surface area contributed by atoms with Gasteiger partial charge in [0.25, 0.3) is 0 Å². The number of anilines is 1. The fraction of sp³-hybridized carbons (Fsp3) is 0.296. The molecule has 30 heavy (non-hydrogen) atoms. The van der Waals surface area contributed by atoms with E-state index in [2.05, 4.69) is 64.1 Å². The van der Waals surface area contributed by atoms with E-state index in [0.717, 1.165) is 28.0 Å². The van der Waals surface area contributed by atoms with Gasteiger partial charge in [0.2, 0.25) is 5.91 Å². The van der Waals surface area contributed by atoms with E-state index in [0.29, 0.717) is 18.9 Å². The summed E-state index contributed by atoms with van der Waals surface area (Å²) >= 11 is 0. The second-order valence-corrected chi connectivity index (χ2v) is 8.99. The van der Waals surface area contributed by atoms with Crippen molar-refractivity contribution in [3.05, 3.63) is 77.9 Å². The molecule has 3 aromatic carbocycles. The van der Waals surface area contributed by atoms with Gasteiger partial charge in [-0.05, 0) is 66.4 Å². The Morgan fingerprint density at radius 2 is 1.80 bits per heavy atom. The van der Waals surface area contributed by atoms with Gasteiger partial charge in [-0.25, -0.2) is 0 Å². The second-order valence-electron chi connectivity index (χ2n) is 8.99. The van der Waals surface area contributed by atoms with E-state index in [4.69, 9.17) is 4.74 Å². The molecular formula is C27H29NO2. The lowest BCUT2D eigenvalue weighted by atomic mass is 9.96. The number of para-hydroxylation sites is 1. The molecule has 0 N–H and O–H groups in total. The number of fused-ring (bicyclic) bond motifs is 3. The molecule has 1 heterocycles. The zero-order valence-electron chi connectivity index (χ0n) is 18.2. The summed E-state index contributed by atoms with van der Waals surface area (Å²) in [6.07, 6.45) is 4.79. The lowest BCUT2D eigenvalue weighted by Crippen LogP contribution is -2.31. The lowest BCUT2D eigenvalue weighted by Gasteiger charge is -2.28. The fourth-order valence-corrected chi connectivity index (χ4v) is 3.92. The van der Waals surface area contributed by atoms with Gasteiger partial charge >= 0.3 is 0 Å². The number of ether oxygens (including phenoxy) is 1. The van der Waals surface area contributed by atoms with Crippen molar-refractivity contribution in [3.63, 3.8) is 0 Å². The summed E-state index contributed by atoms with van der Waals surface area (Å²) in [7, 11) is 0. The molecule has 3 aromatic rings. The van der Waals surface area contributed by atoms with Crippen LogP contribution in [0.3, 0.4) is 0 Å². The molecule has 4 rings (SSSR count). The molecule has 0 radical (unpaired) electrons. The minimum Gasteiger partial charge on any atom is -0.483 e. The zero-order valence-corrected chi connectivity index (χ0v) is 18.2. The van der Waals surface area contributed by atoms with Gasteiger partial charge < -0.3 is 9.64 Å². The van der Waals surface area contributed by atoms with E-state index >= 15 is 0 Å². The van der Waals surface area contributed by atoms with Gasteiger partial charge in [0, 0.05) is 17.7 Å². The van der Waals surface area contributed by atoms with Gasteiger partial charge in [-0.2, -0.15) is 0 Å². The highest BCUT2D eigenvalue weighted by Crippen LogP contribution is 2.36. The Hall–Kier alpha value is -3.07. The Balaban J connectivity index is 1.67. The summed E-state index contributed by atoms with van der Waals surface area (Å²) < 4.78 is 6.11. The molecule has 154 valence electrons. The van der Waals surface area contributed by atoms with E-state index < -0.39 is 0 Å². The normalized spacial score (nSPS) is 14.4. The zero-order chi connectivity index (χ0) is 21.3. The molecule has 0 aromatic heterocycles. The smallest absolute Gasteiger partial charge is 0.227 e. The Bertz CT molecular complexity index is 1100. The quantitative estimate of drug-likeness (QED) is 0.483. The maximum absolute atomic E-state index is 13.0. The molecule has 0 aliphatic carbocycles. The standard InChI is InChI=1S/C27H29NO2/c1-19(2)16-26(29)28(22-8-6-5-7-9-22)18-20-10-12-23-21(17-20)11-13-25-24(23)14-15-27(3,4)30-25/h5-15,17,19H,16,18H2,1-4H3. The maximum atomic E-state index is 13.0. The number of hydrogen-bond acceptors (Lipinski definition) is 2. The topological polar surface area (TPSA) is 29.5 Å². The van der Waals surface area contributed by atoms with Gasteiger partial charge in [0.05, 0.1) is 6.54 Å². The first-order valence-corrected chi connectivity index (χ1v) is 10.6. The number of carbonyl (C=O) groups is 1. The molecule has 3 nitrogen and oxygen atoms in total. The van der Waals surface area contributed by atoms with Crippen LogP contribution in [-0.4, -0.2) is 11.5 Å². The molecule has 3 heteroatoms. The first-order valence-electron chi connectivity index (χ1n) is 10.6. The molecule has 1 aliphatic heterocycles. The van der Waals surface area contributed by atoms with Crippen molar-refractivity contribution >= 4 is 28.4 Å². The lowest BCUT2D eigenvalue weighted by molar-refractivity contribution is -0.119.